The number of ether oxygens (including phenoxy) is 1. The standard InChI is InChI=1S/C15H20N6O3/c1-24-14(22)10-20-7-5-13(19-20)17-15(23)12-4-8-21(18-12)11-3-2-6-16-9-11/h4-5,7-8,11,16H,2-3,6,9-10H2,1H3,(H,17,19,23). The summed E-state index contributed by atoms with van der Waals surface area (Å²) in [5.74, 6) is -0.380. The molecule has 1 atom stereocenters. The zero-order valence-corrected chi connectivity index (χ0v) is 13.4. The number of aromatic nitrogens is 4. The van der Waals surface area contributed by atoms with Gasteiger partial charge in [0.15, 0.2) is 11.5 Å². The number of esters is 1. The first-order valence-electron chi connectivity index (χ1n) is 7.83. The third kappa shape index (κ3) is 3.80. The number of methoxy groups -OCH3 is 1. The molecule has 0 radical (unpaired) electrons. The molecule has 1 saturated heterocycles. The predicted octanol–water partition coefficient (Wildman–Crippen LogP) is 0.429. The molecule has 2 N–H and O–H groups in total. The van der Waals surface area contributed by atoms with E-state index >= 15 is 0 Å². The molecule has 0 aromatic carbocycles. The molecule has 24 heavy (non-hydrogen) atoms. The van der Waals surface area contributed by atoms with Crippen molar-refractivity contribution in [1.29, 1.82) is 0 Å². The lowest BCUT2D eigenvalue weighted by atomic mass is 10.1. The lowest BCUT2D eigenvalue weighted by Crippen LogP contribution is -2.32. The van der Waals surface area contributed by atoms with Crippen LogP contribution >= 0.6 is 0 Å². The summed E-state index contributed by atoms with van der Waals surface area (Å²) in [6, 6.07) is 3.58. The number of carbonyl (C=O) groups excluding carboxylic acids is 2. The maximum atomic E-state index is 12.3. The van der Waals surface area contributed by atoms with Crippen LogP contribution < -0.4 is 10.6 Å². The number of carbonyl (C=O) groups is 2. The third-order valence-corrected chi connectivity index (χ3v) is 3.89. The molecule has 3 heterocycles. The van der Waals surface area contributed by atoms with Gasteiger partial charge in [-0.2, -0.15) is 10.2 Å². The van der Waals surface area contributed by atoms with Gasteiger partial charge in [0, 0.05) is 25.0 Å². The molecular weight excluding hydrogens is 312 g/mol. The molecule has 0 spiro atoms. The molecule has 2 aromatic heterocycles. The van der Waals surface area contributed by atoms with Crippen molar-refractivity contribution in [1.82, 2.24) is 24.9 Å². The smallest absolute Gasteiger partial charge is 0.327 e. The first kappa shape index (κ1) is 16.2. The van der Waals surface area contributed by atoms with Crippen LogP contribution in [-0.2, 0) is 16.1 Å². The number of hydrogen-bond donors (Lipinski definition) is 2. The zero-order chi connectivity index (χ0) is 16.9. The van der Waals surface area contributed by atoms with E-state index in [4.69, 9.17) is 0 Å². The minimum absolute atomic E-state index is 0.00429. The Morgan fingerprint density at radius 1 is 1.38 bits per heavy atom. The van der Waals surface area contributed by atoms with E-state index in [9.17, 15) is 9.59 Å². The largest absolute Gasteiger partial charge is 0.468 e. The van der Waals surface area contributed by atoms with Gasteiger partial charge in [0.1, 0.15) is 6.54 Å². The average Bonchev–Trinajstić information content (AvgIpc) is 3.25. The van der Waals surface area contributed by atoms with Gasteiger partial charge in [0.2, 0.25) is 0 Å². The number of piperidine rings is 1. The Morgan fingerprint density at radius 3 is 3.00 bits per heavy atom. The van der Waals surface area contributed by atoms with Gasteiger partial charge < -0.3 is 15.4 Å². The van der Waals surface area contributed by atoms with Crippen molar-refractivity contribution in [2.24, 2.45) is 0 Å². The van der Waals surface area contributed by atoms with Crippen molar-refractivity contribution in [3.05, 3.63) is 30.2 Å². The molecule has 1 fully saturated rings. The highest BCUT2D eigenvalue weighted by molar-refractivity contribution is 6.02. The second kappa shape index (κ2) is 7.26. The molecule has 1 aliphatic heterocycles. The van der Waals surface area contributed by atoms with Crippen molar-refractivity contribution in [3.8, 4) is 0 Å². The van der Waals surface area contributed by atoms with Gasteiger partial charge in [-0.05, 0) is 25.5 Å². The normalized spacial score (nSPS) is 17.5. The Hall–Kier alpha value is -2.68. The third-order valence-electron chi connectivity index (χ3n) is 3.89. The highest BCUT2D eigenvalue weighted by Crippen LogP contribution is 2.16. The van der Waals surface area contributed by atoms with Crippen molar-refractivity contribution in [3.63, 3.8) is 0 Å². The fourth-order valence-electron chi connectivity index (χ4n) is 2.62. The molecule has 9 heteroatoms. The minimum Gasteiger partial charge on any atom is -0.468 e. The SMILES string of the molecule is COC(=O)Cn1ccc(NC(=O)c2ccn(C3CCCNC3)n2)n1. The van der Waals surface area contributed by atoms with Crippen molar-refractivity contribution < 1.29 is 14.3 Å². The van der Waals surface area contributed by atoms with Gasteiger partial charge in [0.25, 0.3) is 5.91 Å². The van der Waals surface area contributed by atoms with E-state index in [1.54, 1.807) is 18.3 Å². The quantitative estimate of drug-likeness (QED) is 0.770. The molecular formula is C15H20N6O3. The van der Waals surface area contributed by atoms with Gasteiger partial charge in [-0.25, -0.2) is 0 Å². The van der Waals surface area contributed by atoms with Crippen LogP contribution in [0.25, 0.3) is 0 Å². The Morgan fingerprint density at radius 2 is 2.25 bits per heavy atom. The van der Waals surface area contributed by atoms with Crippen LogP contribution in [0.2, 0.25) is 0 Å². The van der Waals surface area contributed by atoms with E-state index in [-0.39, 0.29) is 18.5 Å². The Kier molecular flexibility index (Phi) is 4.90. The molecule has 0 aliphatic carbocycles. The van der Waals surface area contributed by atoms with E-state index in [0.717, 1.165) is 25.9 Å². The first-order chi connectivity index (χ1) is 11.7. The topological polar surface area (TPSA) is 103 Å². The van der Waals surface area contributed by atoms with E-state index in [0.29, 0.717) is 11.5 Å². The maximum Gasteiger partial charge on any atom is 0.327 e. The van der Waals surface area contributed by atoms with Gasteiger partial charge in [-0.3, -0.25) is 19.0 Å². The molecule has 2 aromatic rings. The second-order valence-electron chi connectivity index (χ2n) is 5.61. The van der Waals surface area contributed by atoms with Crippen LogP contribution in [0.15, 0.2) is 24.5 Å². The monoisotopic (exact) mass is 332 g/mol. The van der Waals surface area contributed by atoms with E-state index in [1.807, 2.05) is 10.9 Å². The summed E-state index contributed by atoms with van der Waals surface area (Å²) in [6.45, 7) is 1.88. The molecule has 1 aliphatic rings. The lowest BCUT2D eigenvalue weighted by Gasteiger charge is -2.22. The maximum absolute atomic E-state index is 12.3. The van der Waals surface area contributed by atoms with Gasteiger partial charge in [0.05, 0.1) is 13.2 Å². The van der Waals surface area contributed by atoms with Gasteiger partial charge in [-0.15, -0.1) is 0 Å². The van der Waals surface area contributed by atoms with E-state index < -0.39 is 5.97 Å². The highest BCUT2D eigenvalue weighted by Gasteiger charge is 2.18. The molecule has 0 bridgehead atoms. The Bertz CT molecular complexity index is 716. The molecule has 9 nitrogen and oxygen atoms in total. The van der Waals surface area contributed by atoms with Crippen LogP contribution in [0, 0.1) is 0 Å². The molecule has 128 valence electrons. The summed E-state index contributed by atoms with van der Waals surface area (Å²) in [5.41, 5.74) is 0.336. The number of anilines is 1. The van der Waals surface area contributed by atoms with Crippen LogP contribution in [0.3, 0.4) is 0 Å². The lowest BCUT2D eigenvalue weighted by molar-refractivity contribution is -0.141. The minimum atomic E-state index is -0.407. The van der Waals surface area contributed by atoms with Crippen molar-refractivity contribution in [2.75, 3.05) is 25.5 Å². The van der Waals surface area contributed by atoms with E-state index in [2.05, 4.69) is 25.6 Å². The summed E-state index contributed by atoms with van der Waals surface area (Å²) in [7, 11) is 1.31. The van der Waals surface area contributed by atoms with Gasteiger partial charge in [-0.1, -0.05) is 0 Å². The van der Waals surface area contributed by atoms with Crippen LogP contribution in [0.4, 0.5) is 5.82 Å². The molecule has 3 rings (SSSR count). The Labute approximate surface area is 139 Å². The zero-order valence-electron chi connectivity index (χ0n) is 13.4. The summed E-state index contributed by atoms with van der Waals surface area (Å²) in [6.07, 6.45) is 5.57. The second-order valence-corrected chi connectivity index (χ2v) is 5.61. The molecule has 1 unspecified atom stereocenters. The number of nitrogens with one attached hydrogen (secondary N) is 2. The van der Waals surface area contributed by atoms with Crippen LogP contribution in [0.1, 0.15) is 29.4 Å². The fraction of sp³-hybridized carbons (Fsp3) is 0.467. The average molecular weight is 332 g/mol. The van der Waals surface area contributed by atoms with Crippen molar-refractivity contribution >= 4 is 17.7 Å². The fourth-order valence-corrected chi connectivity index (χ4v) is 2.62. The number of nitrogens with zero attached hydrogens (tertiary/aromatic N) is 4. The number of rotatable bonds is 5. The van der Waals surface area contributed by atoms with Gasteiger partial charge >= 0.3 is 5.97 Å². The van der Waals surface area contributed by atoms with E-state index in [1.165, 1.54) is 11.8 Å². The number of amides is 1. The number of hydrogen-bond acceptors (Lipinski definition) is 6. The summed E-state index contributed by atoms with van der Waals surface area (Å²) < 4.78 is 7.80. The van der Waals surface area contributed by atoms with Crippen LogP contribution in [0.5, 0.6) is 0 Å². The predicted molar refractivity (Wildman–Crippen MR) is 85.6 cm³/mol. The summed E-state index contributed by atoms with van der Waals surface area (Å²) >= 11 is 0. The molecule has 0 saturated carbocycles. The first-order valence-corrected chi connectivity index (χ1v) is 7.83. The molecule has 1 amide bonds. The Balaban J connectivity index is 1.60. The highest BCUT2D eigenvalue weighted by atomic mass is 16.5. The summed E-state index contributed by atoms with van der Waals surface area (Å²) in [4.78, 5) is 23.5. The summed E-state index contributed by atoms with van der Waals surface area (Å²) in [5, 5.41) is 14.4. The van der Waals surface area contributed by atoms with Crippen molar-refractivity contribution in [2.45, 2.75) is 25.4 Å². The van der Waals surface area contributed by atoms with Crippen LogP contribution in [-0.4, -0.2) is 51.6 Å².